The van der Waals surface area contributed by atoms with Crippen LogP contribution < -0.4 is 16.4 Å². The van der Waals surface area contributed by atoms with Crippen molar-refractivity contribution >= 4 is 34.1 Å². The number of phenols is 1. The third-order valence-corrected chi connectivity index (χ3v) is 4.63. The second kappa shape index (κ2) is 7.55. The van der Waals surface area contributed by atoms with Gasteiger partial charge in [-0.3, -0.25) is 4.79 Å². The van der Waals surface area contributed by atoms with Crippen LogP contribution in [0.5, 0.6) is 5.75 Å². The number of fused-ring (bicyclic) bond motifs is 1. The van der Waals surface area contributed by atoms with Gasteiger partial charge in [0, 0.05) is 29.4 Å². The van der Waals surface area contributed by atoms with Crippen LogP contribution in [0, 0.1) is 6.92 Å². The Balaban J connectivity index is 1.50. The van der Waals surface area contributed by atoms with Crippen molar-refractivity contribution in [1.82, 2.24) is 4.98 Å². The molecule has 5 N–H and O–H groups in total. The molecule has 2 aromatic carbocycles. The van der Waals surface area contributed by atoms with Gasteiger partial charge in [0.2, 0.25) is 0 Å². The van der Waals surface area contributed by atoms with E-state index in [1.807, 2.05) is 36.4 Å². The van der Waals surface area contributed by atoms with Gasteiger partial charge >= 0.3 is 0 Å². The maximum Gasteiger partial charge on any atom is 0.291 e. The topological polar surface area (TPSA) is 113 Å². The molecule has 7 heteroatoms. The number of nitrogens with one attached hydrogen (secondary N) is 2. The van der Waals surface area contributed by atoms with Gasteiger partial charge in [-0.05, 0) is 55.0 Å². The number of pyridine rings is 1. The molecule has 4 rings (SSSR count). The Morgan fingerprint density at radius 3 is 2.86 bits per heavy atom. The molecule has 2 heterocycles. The third-order valence-electron chi connectivity index (χ3n) is 4.63. The molecule has 0 saturated carbocycles. The van der Waals surface area contributed by atoms with E-state index in [2.05, 4.69) is 15.6 Å². The molecule has 2 aromatic heterocycles. The first-order valence-electron chi connectivity index (χ1n) is 9.08. The second-order valence-corrected chi connectivity index (χ2v) is 6.68. The van der Waals surface area contributed by atoms with Crippen LogP contribution in [0.15, 0.2) is 65.2 Å². The third kappa shape index (κ3) is 3.84. The van der Waals surface area contributed by atoms with Gasteiger partial charge in [-0.1, -0.05) is 12.1 Å². The molecule has 0 unspecified atom stereocenters. The minimum absolute atomic E-state index is 0.128. The number of carbonyl (C=O) groups excluding carboxylic acids is 1. The fourth-order valence-corrected chi connectivity index (χ4v) is 3.14. The molecule has 0 radical (unpaired) electrons. The lowest BCUT2D eigenvalue weighted by Gasteiger charge is -2.10. The van der Waals surface area contributed by atoms with Crippen molar-refractivity contribution in [2.45, 2.75) is 13.5 Å². The van der Waals surface area contributed by atoms with Crippen molar-refractivity contribution in [2.75, 3.05) is 16.4 Å². The Bertz CT molecular complexity index is 1200. The summed E-state index contributed by atoms with van der Waals surface area (Å²) < 4.78 is 5.68. The van der Waals surface area contributed by atoms with Gasteiger partial charge in [0.15, 0.2) is 5.76 Å². The van der Waals surface area contributed by atoms with Crippen LogP contribution in [0.2, 0.25) is 0 Å². The van der Waals surface area contributed by atoms with Crippen LogP contribution in [0.25, 0.3) is 11.0 Å². The van der Waals surface area contributed by atoms with Crippen molar-refractivity contribution in [3.8, 4) is 5.75 Å². The van der Waals surface area contributed by atoms with Crippen molar-refractivity contribution in [3.05, 3.63) is 77.7 Å². The number of aryl methyl sites for hydroxylation is 1. The molecule has 29 heavy (non-hydrogen) atoms. The van der Waals surface area contributed by atoms with E-state index in [1.165, 1.54) is 6.07 Å². The number of anilines is 3. The van der Waals surface area contributed by atoms with Gasteiger partial charge in [0.25, 0.3) is 5.91 Å². The number of aromatic hydroxyl groups is 1. The maximum absolute atomic E-state index is 12.7. The summed E-state index contributed by atoms with van der Waals surface area (Å²) in [5.41, 5.74) is 9.45. The molecule has 0 saturated heterocycles. The van der Waals surface area contributed by atoms with Crippen molar-refractivity contribution in [2.24, 2.45) is 0 Å². The van der Waals surface area contributed by atoms with Crippen LogP contribution in [0.4, 0.5) is 17.2 Å². The van der Waals surface area contributed by atoms with E-state index in [0.29, 0.717) is 34.6 Å². The number of furan rings is 1. The molecule has 7 nitrogen and oxygen atoms in total. The van der Waals surface area contributed by atoms with Gasteiger partial charge in [-0.2, -0.15) is 0 Å². The Labute approximate surface area is 167 Å². The van der Waals surface area contributed by atoms with E-state index >= 15 is 0 Å². The van der Waals surface area contributed by atoms with Crippen molar-refractivity contribution in [3.63, 3.8) is 0 Å². The quantitative estimate of drug-likeness (QED) is 0.406. The highest BCUT2D eigenvalue weighted by Crippen LogP contribution is 2.29. The Hall–Kier alpha value is -4.00. The first-order valence-corrected chi connectivity index (χ1v) is 9.08. The van der Waals surface area contributed by atoms with Gasteiger partial charge in [-0.25, -0.2) is 4.98 Å². The highest BCUT2D eigenvalue weighted by molar-refractivity contribution is 6.06. The molecule has 0 aliphatic carbocycles. The number of benzene rings is 2. The van der Waals surface area contributed by atoms with Gasteiger partial charge < -0.3 is 25.9 Å². The summed E-state index contributed by atoms with van der Waals surface area (Å²) in [4.78, 5) is 16.8. The number of aromatic nitrogens is 1. The SMILES string of the molecule is Cc1c(C(=O)Nc2cccc(CNc3cccnc3N)c2)oc2ccc(O)cc12. The number of amides is 1. The van der Waals surface area contributed by atoms with Gasteiger partial charge in [0.05, 0.1) is 5.69 Å². The largest absolute Gasteiger partial charge is 0.508 e. The average molecular weight is 388 g/mol. The fraction of sp³-hybridized carbons (Fsp3) is 0.0909. The first kappa shape index (κ1) is 18.4. The van der Waals surface area contributed by atoms with Crippen LogP contribution in [-0.4, -0.2) is 16.0 Å². The molecular formula is C22H20N4O3. The summed E-state index contributed by atoms with van der Waals surface area (Å²) in [5.74, 6) is 0.434. The molecule has 0 spiro atoms. The normalized spacial score (nSPS) is 10.8. The lowest BCUT2D eigenvalue weighted by Crippen LogP contribution is -2.12. The smallest absolute Gasteiger partial charge is 0.291 e. The molecule has 4 aromatic rings. The summed E-state index contributed by atoms with van der Waals surface area (Å²) in [6.07, 6.45) is 1.64. The fourth-order valence-electron chi connectivity index (χ4n) is 3.14. The van der Waals surface area contributed by atoms with E-state index < -0.39 is 0 Å². The molecule has 0 aliphatic heterocycles. The lowest BCUT2D eigenvalue weighted by atomic mass is 10.1. The first-order chi connectivity index (χ1) is 14.0. The zero-order valence-corrected chi connectivity index (χ0v) is 15.8. The highest BCUT2D eigenvalue weighted by Gasteiger charge is 2.18. The molecule has 0 atom stereocenters. The van der Waals surface area contributed by atoms with E-state index in [9.17, 15) is 9.90 Å². The number of nitrogens with zero attached hydrogens (tertiary/aromatic N) is 1. The number of nitrogen functional groups attached to an aromatic ring is 1. The molecule has 0 aliphatic rings. The number of rotatable bonds is 5. The zero-order valence-electron chi connectivity index (χ0n) is 15.8. The summed E-state index contributed by atoms with van der Waals surface area (Å²) >= 11 is 0. The minimum atomic E-state index is -0.347. The number of hydrogen-bond acceptors (Lipinski definition) is 6. The Morgan fingerprint density at radius 2 is 2.03 bits per heavy atom. The molecule has 146 valence electrons. The standard InChI is InChI=1S/C22H20N4O3/c1-13-17-11-16(27)7-8-19(17)29-20(13)22(28)26-15-5-2-4-14(10-15)12-25-18-6-3-9-24-21(18)23/h2-11,25,27H,12H2,1H3,(H2,23,24)(H,26,28). The Morgan fingerprint density at radius 1 is 1.17 bits per heavy atom. The van der Waals surface area contributed by atoms with Gasteiger partial charge in [-0.15, -0.1) is 0 Å². The number of phenolic OH excluding ortho intramolecular Hbond substituents is 1. The average Bonchev–Trinajstić information content (AvgIpc) is 3.04. The predicted octanol–water partition coefficient (Wildman–Crippen LogP) is 4.29. The van der Waals surface area contributed by atoms with Gasteiger partial charge in [0.1, 0.15) is 17.2 Å². The van der Waals surface area contributed by atoms with E-state index in [4.69, 9.17) is 10.2 Å². The number of hydrogen-bond donors (Lipinski definition) is 4. The maximum atomic E-state index is 12.7. The second-order valence-electron chi connectivity index (χ2n) is 6.68. The monoisotopic (exact) mass is 388 g/mol. The van der Waals surface area contributed by atoms with Crippen LogP contribution in [-0.2, 0) is 6.54 Å². The molecule has 0 fully saturated rings. The molecule has 1 amide bonds. The molecular weight excluding hydrogens is 368 g/mol. The summed E-state index contributed by atoms with van der Waals surface area (Å²) in [7, 11) is 0. The minimum Gasteiger partial charge on any atom is -0.508 e. The van der Waals surface area contributed by atoms with Crippen LogP contribution >= 0.6 is 0 Å². The lowest BCUT2D eigenvalue weighted by molar-refractivity contribution is 0.0998. The number of nitrogens with two attached hydrogens (primary N) is 1. The molecule has 0 bridgehead atoms. The summed E-state index contributed by atoms with van der Waals surface area (Å²) in [5, 5.41) is 16.5. The highest BCUT2D eigenvalue weighted by atomic mass is 16.3. The van der Waals surface area contributed by atoms with E-state index in [-0.39, 0.29) is 17.4 Å². The predicted molar refractivity (Wildman–Crippen MR) is 113 cm³/mol. The van der Waals surface area contributed by atoms with Crippen LogP contribution in [0.1, 0.15) is 21.7 Å². The van der Waals surface area contributed by atoms with E-state index in [0.717, 1.165) is 11.3 Å². The van der Waals surface area contributed by atoms with Crippen molar-refractivity contribution in [1.29, 1.82) is 0 Å². The van der Waals surface area contributed by atoms with E-state index in [1.54, 1.807) is 25.3 Å². The summed E-state index contributed by atoms with van der Waals surface area (Å²) in [6.45, 7) is 2.32. The summed E-state index contributed by atoms with van der Waals surface area (Å²) in [6, 6.07) is 15.9. The number of carbonyl (C=O) groups is 1. The van der Waals surface area contributed by atoms with Crippen molar-refractivity contribution < 1.29 is 14.3 Å². The van der Waals surface area contributed by atoms with Crippen LogP contribution in [0.3, 0.4) is 0 Å². The zero-order chi connectivity index (χ0) is 20.4. The Kier molecular flexibility index (Phi) is 4.78.